The molecule has 2 rings (SSSR count). The van der Waals surface area contributed by atoms with Crippen LogP contribution in [0.25, 0.3) is 0 Å². The standard InChI is InChI=1S/C13H16O3/c1-2-16-10-6-7-11-9(8-10)4-3-5-12(11)13(14)15/h6-8,12H,2-5H2,1H3,(H,14,15). The van der Waals surface area contributed by atoms with E-state index in [4.69, 9.17) is 9.84 Å². The van der Waals surface area contributed by atoms with Crippen LogP contribution in [0.2, 0.25) is 0 Å². The lowest BCUT2D eigenvalue weighted by Gasteiger charge is -2.22. The number of carboxylic acid groups (broad SMARTS) is 1. The molecule has 0 spiro atoms. The van der Waals surface area contributed by atoms with Crippen LogP contribution in [0.3, 0.4) is 0 Å². The molecule has 0 aliphatic heterocycles. The molecule has 3 heteroatoms. The van der Waals surface area contributed by atoms with Gasteiger partial charge in [0, 0.05) is 0 Å². The van der Waals surface area contributed by atoms with Crippen molar-refractivity contribution in [1.29, 1.82) is 0 Å². The molecule has 1 unspecified atom stereocenters. The summed E-state index contributed by atoms with van der Waals surface area (Å²) in [4.78, 5) is 11.1. The van der Waals surface area contributed by atoms with Gasteiger partial charge in [0.2, 0.25) is 0 Å². The van der Waals surface area contributed by atoms with Crippen molar-refractivity contribution in [1.82, 2.24) is 0 Å². The van der Waals surface area contributed by atoms with E-state index in [1.165, 1.54) is 0 Å². The zero-order chi connectivity index (χ0) is 11.5. The maximum atomic E-state index is 11.1. The van der Waals surface area contributed by atoms with Crippen molar-refractivity contribution in [3.8, 4) is 5.75 Å². The van der Waals surface area contributed by atoms with E-state index in [0.29, 0.717) is 6.61 Å². The molecule has 0 radical (unpaired) electrons. The second kappa shape index (κ2) is 4.56. The molecule has 1 aromatic rings. The number of hydrogen-bond donors (Lipinski definition) is 1. The molecular formula is C13H16O3. The molecule has 0 saturated heterocycles. The normalized spacial score (nSPS) is 18.9. The fourth-order valence-electron chi connectivity index (χ4n) is 2.30. The van der Waals surface area contributed by atoms with Crippen LogP contribution in [0.4, 0.5) is 0 Å². The Morgan fingerprint density at radius 1 is 1.56 bits per heavy atom. The maximum absolute atomic E-state index is 11.1. The van der Waals surface area contributed by atoms with Gasteiger partial charge in [-0.05, 0) is 49.4 Å². The van der Waals surface area contributed by atoms with E-state index in [9.17, 15) is 4.79 Å². The van der Waals surface area contributed by atoms with Gasteiger partial charge in [0.05, 0.1) is 12.5 Å². The molecule has 0 aromatic heterocycles. The second-order valence-corrected chi connectivity index (χ2v) is 4.08. The third-order valence-corrected chi connectivity index (χ3v) is 3.04. The Bertz CT molecular complexity index is 398. The Kier molecular flexibility index (Phi) is 3.13. The first kappa shape index (κ1) is 11.0. The van der Waals surface area contributed by atoms with Gasteiger partial charge >= 0.3 is 5.97 Å². The quantitative estimate of drug-likeness (QED) is 0.851. The smallest absolute Gasteiger partial charge is 0.310 e. The molecule has 16 heavy (non-hydrogen) atoms. The summed E-state index contributed by atoms with van der Waals surface area (Å²) >= 11 is 0. The van der Waals surface area contributed by atoms with Gasteiger partial charge in [-0.15, -0.1) is 0 Å². The van der Waals surface area contributed by atoms with E-state index in [1.54, 1.807) is 0 Å². The van der Waals surface area contributed by atoms with Crippen LogP contribution in [-0.4, -0.2) is 17.7 Å². The Balaban J connectivity index is 2.33. The van der Waals surface area contributed by atoms with Crippen molar-refractivity contribution < 1.29 is 14.6 Å². The van der Waals surface area contributed by atoms with Gasteiger partial charge in [0.1, 0.15) is 5.75 Å². The van der Waals surface area contributed by atoms with E-state index in [-0.39, 0.29) is 5.92 Å². The minimum atomic E-state index is -0.717. The summed E-state index contributed by atoms with van der Waals surface area (Å²) in [7, 11) is 0. The fraction of sp³-hybridized carbons (Fsp3) is 0.462. The van der Waals surface area contributed by atoms with Gasteiger partial charge in [0.25, 0.3) is 0 Å². The lowest BCUT2D eigenvalue weighted by atomic mass is 9.83. The van der Waals surface area contributed by atoms with E-state index in [0.717, 1.165) is 36.1 Å². The number of aryl methyl sites for hydroxylation is 1. The summed E-state index contributed by atoms with van der Waals surface area (Å²) in [5, 5.41) is 9.13. The number of rotatable bonds is 3. The monoisotopic (exact) mass is 220 g/mol. The molecule has 0 saturated carbocycles. The van der Waals surface area contributed by atoms with Crippen LogP contribution < -0.4 is 4.74 Å². The van der Waals surface area contributed by atoms with Crippen LogP contribution in [-0.2, 0) is 11.2 Å². The summed E-state index contributed by atoms with van der Waals surface area (Å²) in [6.07, 6.45) is 2.65. The zero-order valence-electron chi connectivity index (χ0n) is 9.40. The van der Waals surface area contributed by atoms with Crippen molar-refractivity contribution in [2.24, 2.45) is 0 Å². The van der Waals surface area contributed by atoms with Crippen molar-refractivity contribution >= 4 is 5.97 Å². The zero-order valence-corrected chi connectivity index (χ0v) is 9.40. The second-order valence-electron chi connectivity index (χ2n) is 4.08. The van der Waals surface area contributed by atoms with Crippen LogP contribution in [0.1, 0.15) is 36.8 Å². The minimum absolute atomic E-state index is 0.334. The van der Waals surface area contributed by atoms with Crippen LogP contribution >= 0.6 is 0 Å². The molecule has 0 amide bonds. The van der Waals surface area contributed by atoms with Gasteiger partial charge in [-0.2, -0.15) is 0 Å². The average molecular weight is 220 g/mol. The summed E-state index contributed by atoms with van der Waals surface area (Å²) in [5.41, 5.74) is 2.09. The summed E-state index contributed by atoms with van der Waals surface area (Å²) < 4.78 is 5.42. The van der Waals surface area contributed by atoms with Crippen LogP contribution in [0.5, 0.6) is 5.75 Å². The average Bonchev–Trinajstić information content (AvgIpc) is 2.28. The van der Waals surface area contributed by atoms with Gasteiger partial charge in [-0.1, -0.05) is 6.07 Å². The highest BCUT2D eigenvalue weighted by Crippen LogP contribution is 2.33. The number of ether oxygens (including phenoxy) is 1. The molecule has 1 aromatic carbocycles. The van der Waals surface area contributed by atoms with E-state index in [2.05, 4.69) is 0 Å². The number of carbonyl (C=O) groups is 1. The lowest BCUT2D eigenvalue weighted by Crippen LogP contribution is -2.17. The van der Waals surface area contributed by atoms with Crippen LogP contribution in [0.15, 0.2) is 18.2 Å². The summed E-state index contributed by atoms with van der Waals surface area (Å²) in [5.74, 6) is -0.211. The molecule has 0 bridgehead atoms. The Hall–Kier alpha value is -1.51. The highest BCUT2D eigenvalue weighted by atomic mass is 16.5. The first-order chi connectivity index (χ1) is 7.72. The first-order valence-corrected chi connectivity index (χ1v) is 5.70. The molecule has 1 N–H and O–H groups in total. The third-order valence-electron chi connectivity index (χ3n) is 3.04. The molecule has 86 valence electrons. The molecule has 1 aliphatic rings. The predicted molar refractivity (Wildman–Crippen MR) is 60.9 cm³/mol. The van der Waals surface area contributed by atoms with E-state index >= 15 is 0 Å². The first-order valence-electron chi connectivity index (χ1n) is 5.70. The maximum Gasteiger partial charge on any atom is 0.310 e. The SMILES string of the molecule is CCOc1ccc2c(c1)CCCC2C(=O)O. The minimum Gasteiger partial charge on any atom is -0.494 e. The number of benzene rings is 1. The van der Waals surface area contributed by atoms with Gasteiger partial charge < -0.3 is 9.84 Å². The highest BCUT2D eigenvalue weighted by molar-refractivity contribution is 5.77. The van der Waals surface area contributed by atoms with Crippen molar-refractivity contribution in [3.63, 3.8) is 0 Å². The lowest BCUT2D eigenvalue weighted by molar-refractivity contribution is -0.139. The van der Waals surface area contributed by atoms with Crippen molar-refractivity contribution in [2.75, 3.05) is 6.61 Å². The molecule has 1 aliphatic carbocycles. The molecule has 1 atom stereocenters. The number of carboxylic acids is 1. The highest BCUT2D eigenvalue weighted by Gasteiger charge is 2.26. The number of hydrogen-bond acceptors (Lipinski definition) is 2. The summed E-state index contributed by atoms with van der Waals surface area (Å²) in [6.45, 7) is 2.58. The number of aliphatic carboxylic acids is 1. The Morgan fingerprint density at radius 3 is 3.06 bits per heavy atom. The van der Waals surface area contributed by atoms with Gasteiger partial charge in [0.15, 0.2) is 0 Å². The fourth-order valence-corrected chi connectivity index (χ4v) is 2.30. The molecule has 0 heterocycles. The number of fused-ring (bicyclic) bond motifs is 1. The third kappa shape index (κ3) is 2.03. The van der Waals surface area contributed by atoms with Crippen LogP contribution in [0, 0.1) is 0 Å². The van der Waals surface area contributed by atoms with Gasteiger partial charge in [-0.3, -0.25) is 4.79 Å². The van der Waals surface area contributed by atoms with E-state index < -0.39 is 5.97 Å². The topological polar surface area (TPSA) is 46.5 Å². The molecule has 3 nitrogen and oxygen atoms in total. The summed E-state index contributed by atoms with van der Waals surface area (Å²) in [6, 6.07) is 5.75. The molecular weight excluding hydrogens is 204 g/mol. The molecule has 0 fully saturated rings. The van der Waals surface area contributed by atoms with Crippen molar-refractivity contribution in [2.45, 2.75) is 32.1 Å². The predicted octanol–water partition coefficient (Wildman–Crippen LogP) is 2.59. The van der Waals surface area contributed by atoms with Crippen molar-refractivity contribution in [3.05, 3.63) is 29.3 Å². The Labute approximate surface area is 95.0 Å². The van der Waals surface area contributed by atoms with Gasteiger partial charge in [-0.25, -0.2) is 0 Å². The Morgan fingerprint density at radius 2 is 2.38 bits per heavy atom. The largest absolute Gasteiger partial charge is 0.494 e. The van der Waals surface area contributed by atoms with E-state index in [1.807, 2.05) is 25.1 Å².